The van der Waals surface area contributed by atoms with Crippen molar-refractivity contribution in [3.05, 3.63) is 66.5 Å². The van der Waals surface area contributed by atoms with Crippen molar-refractivity contribution in [3.63, 3.8) is 0 Å². The zero-order valence-electron chi connectivity index (χ0n) is 18.8. The third kappa shape index (κ3) is 6.67. The molecule has 33 heavy (non-hydrogen) atoms. The van der Waals surface area contributed by atoms with Crippen LogP contribution in [0.25, 0.3) is 0 Å². The van der Waals surface area contributed by atoms with Gasteiger partial charge in [0.25, 0.3) is 0 Å². The van der Waals surface area contributed by atoms with Gasteiger partial charge in [-0.15, -0.1) is 5.11 Å². The number of pyridine rings is 1. The van der Waals surface area contributed by atoms with Gasteiger partial charge in [-0.2, -0.15) is 15.3 Å². The van der Waals surface area contributed by atoms with Gasteiger partial charge in [-0.25, -0.2) is 0 Å². The Bertz CT molecular complexity index is 1130. The van der Waals surface area contributed by atoms with Gasteiger partial charge in [-0.05, 0) is 61.9 Å². The summed E-state index contributed by atoms with van der Waals surface area (Å²) < 4.78 is 5.47. The molecule has 0 saturated carbocycles. The van der Waals surface area contributed by atoms with E-state index in [1.54, 1.807) is 37.7 Å². The summed E-state index contributed by atoms with van der Waals surface area (Å²) in [5.74, 6) is -0.275. The van der Waals surface area contributed by atoms with Crippen molar-refractivity contribution in [2.75, 3.05) is 25.1 Å². The smallest absolute Gasteiger partial charge is 0.305 e. The van der Waals surface area contributed by atoms with Crippen LogP contribution in [0.4, 0.5) is 28.4 Å². The third-order valence-electron chi connectivity index (χ3n) is 4.90. The molecule has 9 nitrogen and oxygen atoms in total. The number of aliphatic carboxylic acids is 1. The van der Waals surface area contributed by atoms with Gasteiger partial charge in [0, 0.05) is 37.2 Å². The molecule has 0 saturated heterocycles. The SMILES string of the molecule is CCN(CCC(=O)O)c1ccc(N=Nc2cc(C)c(N=Nc3ccncc3)cc2OC)cc1. The summed E-state index contributed by atoms with van der Waals surface area (Å²) in [7, 11) is 1.57. The zero-order valence-corrected chi connectivity index (χ0v) is 18.8. The summed E-state index contributed by atoms with van der Waals surface area (Å²) in [6.07, 6.45) is 3.41. The van der Waals surface area contributed by atoms with E-state index in [2.05, 4.69) is 25.4 Å². The van der Waals surface area contributed by atoms with Crippen LogP contribution in [0.15, 0.2) is 81.4 Å². The molecule has 1 aromatic heterocycles. The largest absolute Gasteiger partial charge is 0.494 e. The van der Waals surface area contributed by atoms with Crippen LogP contribution in [0.1, 0.15) is 18.9 Å². The highest BCUT2D eigenvalue weighted by atomic mass is 16.5. The van der Waals surface area contributed by atoms with E-state index >= 15 is 0 Å². The molecule has 0 bridgehead atoms. The van der Waals surface area contributed by atoms with Crippen LogP contribution in [0, 0.1) is 6.92 Å². The molecule has 3 rings (SSSR count). The Morgan fingerprint density at radius 2 is 1.61 bits per heavy atom. The molecule has 0 atom stereocenters. The second-order valence-corrected chi connectivity index (χ2v) is 7.16. The predicted octanol–water partition coefficient (Wildman–Crippen LogP) is 6.53. The lowest BCUT2D eigenvalue weighted by Gasteiger charge is -2.22. The Kier molecular flexibility index (Phi) is 8.18. The van der Waals surface area contributed by atoms with Gasteiger partial charge in [0.2, 0.25) is 0 Å². The van der Waals surface area contributed by atoms with Gasteiger partial charge in [-0.1, -0.05) is 0 Å². The maximum atomic E-state index is 10.8. The normalized spacial score (nSPS) is 11.2. The number of aromatic nitrogens is 1. The van der Waals surface area contributed by atoms with Crippen molar-refractivity contribution < 1.29 is 14.6 Å². The maximum Gasteiger partial charge on any atom is 0.305 e. The van der Waals surface area contributed by atoms with Gasteiger partial charge >= 0.3 is 5.97 Å². The number of rotatable bonds is 10. The van der Waals surface area contributed by atoms with Crippen molar-refractivity contribution >= 4 is 34.4 Å². The number of hydrogen-bond donors (Lipinski definition) is 1. The molecule has 0 amide bonds. The molecule has 1 heterocycles. The number of anilines is 1. The van der Waals surface area contributed by atoms with Gasteiger partial charge in [0.1, 0.15) is 11.4 Å². The minimum absolute atomic E-state index is 0.0898. The van der Waals surface area contributed by atoms with E-state index in [-0.39, 0.29) is 6.42 Å². The van der Waals surface area contributed by atoms with Gasteiger partial charge in [0.05, 0.1) is 30.6 Å². The van der Waals surface area contributed by atoms with E-state index in [1.165, 1.54) is 0 Å². The van der Waals surface area contributed by atoms with Crippen LogP contribution in [-0.2, 0) is 4.79 Å². The number of benzene rings is 2. The minimum atomic E-state index is -0.812. The molecule has 1 N–H and O–H groups in total. The number of ether oxygens (including phenoxy) is 1. The Balaban J connectivity index is 1.75. The number of hydrogen-bond acceptors (Lipinski definition) is 8. The fourth-order valence-electron chi connectivity index (χ4n) is 3.08. The molecule has 0 aliphatic rings. The lowest BCUT2D eigenvalue weighted by molar-refractivity contribution is -0.136. The molecule has 3 aromatic rings. The lowest BCUT2D eigenvalue weighted by atomic mass is 10.1. The van der Waals surface area contributed by atoms with Gasteiger partial charge in [-0.3, -0.25) is 9.78 Å². The first kappa shape index (κ1) is 23.5. The molecule has 0 aliphatic heterocycles. The molecule has 0 unspecified atom stereocenters. The van der Waals surface area contributed by atoms with Crippen LogP contribution in [-0.4, -0.2) is 36.3 Å². The molecule has 2 aromatic carbocycles. The monoisotopic (exact) mass is 446 g/mol. The first-order valence-electron chi connectivity index (χ1n) is 10.5. The van der Waals surface area contributed by atoms with Crippen LogP contribution in [0.5, 0.6) is 5.75 Å². The summed E-state index contributed by atoms with van der Waals surface area (Å²) in [4.78, 5) is 16.8. The predicted molar refractivity (Wildman–Crippen MR) is 127 cm³/mol. The summed E-state index contributed by atoms with van der Waals surface area (Å²) in [6.45, 7) is 5.08. The molecule has 0 spiro atoms. The number of azo groups is 2. The fraction of sp³-hybridized carbons (Fsp3) is 0.250. The highest BCUT2D eigenvalue weighted by molar-refractivity contribution is 5.68. The molecule has 0 aliphatic carbocycles. The summed E-state index contributed by atoms with van der Waals surface area (Å²) in [5.41, 5.74) is 4.46. The van der Waals surface area contributed by atoms with Crippen molar-refractivity contribution in [1.82, 2.24) is 4.98 Å². The average Bonchev–Trinajstić information content (AvgIpc) is 2.83. The number of carbonyl (C=O) groups is 1. The quantitative estimate of drug-likeness (QED) is 0.356. The highest BCUT2D eigenvalue weighted by Crippen LogP contribution is 2.36. The van der Waals surface area contributed by atoms with Crippen LogP contribution in [0.3, 0.4) is 0 Å². The van der Waals surface area contributed by atoms with Gasteiger partial charge in [0.15, 0.2) is 0 Å². The van der Waals surface area contributed by atoms with Gasteiger partial charge < -0.3 is 14.7 Å². The molecule has 170 valence electrons. The van der Waals surface area contributed by atoms with E-state index in [4.69, 9.17) is 9.84 Å². The first-order chi connectivity index (χ1) is 16.0. The Morgan fingerprint density at radius 3 is 2.21 bits per heavy atom. The molecule has 0 radical (unpaired) electrons. The second kappa shape index (κ2) is 11.5. The summed E-state index contributed by atoms with van der Waals surface area (Å²) >= 11 is 0. The summed E-state index contributed by atoms with van der Waals surface area (Å²) in [6, 6.07) is 14.7. The Morgan fingerprint density at radius 1 is 0.970 bits per heavy atom. The van der Waals surface area contributed by atoms with Crippen molar-refractivity contribution in [2.24, 2.45) is 20.5 Å². The van der Waals surface area contributed by atoms with Crippen LogP contribution >= 0.6 is 0 Å². The fourth-order valence-corrected chi connectivity index (χ4v) is 3.08. The van der Waals surface area contributed by atoms with E-state index in [0.29, 0.717) is 35.0 Å². The van der Waals surface area contributed by atoms with E-state index in [0.717, 1.165) is 17.8 Å². The van der Waals surface area contributed by atoms with Crippen LogP contribution < -0.4 is 9.64 Å². The highest BCUT2D eigenvalue weighted by Gasteiger charge is 2.09. The average molecular weight is 447 g/mol. The van der Waals surface area contributed by atoms with Crippen molar-refractivity contribution in [2.45, 2.75) is 20.3 Å². The lowest BCUT2D eigenvalue weighted by Crippen LogP contribution is -2.25. The molecule has 9 heteroatoms. The van der Waals surface area contributed by atoms with E-state index < -0.39 is 5.97 Å². The minimum Gasteiger partial charge on any atom is -0.494 e. The summed E-state index contributed by atoms with van der Waals surface area (Å²) in [5, 5.41) is 26.1. The zero-order chi connectivity index (χ0) is 23.6. The first-order valence-corrected chi connectivity index (χ1v) is 10.5. The Labute approximate surface area is 192 Å². The topological polar surface area (TPSA) is 112 Å². The molecular weight excluding hydrogens is 420 g/mol. The Hall–Kier alpha value is -4.14. The van der Waals surface area contributed by atoms with E-state index in [9.17, 15) is 4.79 Å². The number of carboxylic acids is 1. The standard InChI is InChI=1S/C24H26N6O3/c1-4-30(14-11-24(31)32)20-7-5-18(6-8-20)26-29-22-15-17(2)21(16-23(22)33-3)28-27-19-9-12-25-13-10-19/h5-10,12-13,15-16H,4,11,14H2,1-3H3,(H,31,32). The maximum absolute atomic E-state index is 10.8. The molecular formula is C24H26N6O3. The number of methoxy groups -OCH3 is 1. The van der Waals surface area contributed by atoms with Crippen LogP contribution in [0.2, 0.25) is 0 Å². The number of aryl methyl sites for hydroxylation is 1. The number of carboxylic acid groups (broad SMARTS) is 1. The second-order valence-electron chi connectivity index (χ2n) is 7.16. The van der Waals surface area contributed by atoms with Crippen molar-refractivity contribution in [1.29, 1.82) is 0 Å². The van der Waals surface area contributed by atoms with Crippen molar-refractivity contribution in [3.8, 4) is 5.75 Å². The number of nitrogens with zero attached hydrogens (tertiary/aromatic N) is 6. The molecule has 0 fully saturated rings. The van der Waals surface area contributed by atoms with E-state index in [1.807, 2.05) is 49.1 Å². The third-order valence-corrected chi connectivity index (χ3v) is 4.90.